The number of carbonyl (C=O) groups is 1. The van der Waals surface area contributed by atoms with Crippen molar-refractivity contribution < 1.29 is 4.79 Å². The van der Waals surface area contributed by atoms with Crippen LogP contribution in [0.15, 0.2) is 24.3 Å². The first-order valence-electron chi connectivity index (χ1n) is 5.08. The van der Waals surface area contributed by atoms with Crippen LogP contribution in [0.3, 0.4) is 0 Å². The molecule has 0 bridgehead atoms. The van der Waals surface area contributed by atoms with Gasteiger partial charge in [0.15, 0.2) is 0 Å². The van der Waals surface area contributed by atoms with Crippen LogP contribution < -0.4 is 5.32 Å². The Hall–Kier alpha value is -1.24. The number of nitrogens with one attached hydrogen (secondary N) is 1. The maximum absolute atomic E-state index is 11.9. The molecule has 1 aromatic rings. The maximum atomic E-state index is 11.9. The van der Waals surface area contributed by atoms with Gasteiger partial charge in [-0.25, -0.2) is 0 Å². The Kier molecular flexibility index (Phi) is 2.81. The molecule has 0 spiro atoms. The van der Waals surface area contributed by atoms with Crippen molar-refractivity contribution in [1.29, 1.82) is 5.26 Å². The Morgan fingerprint density at radius 3 is 2.71 bits per heavy atom. The third kappa shape index (κ3) is 2.11. The van der Waals surface area contributed by atoms with Crippen molar-refractivity contribution in [2.24, 2.45) is 5.41 Å². The maximum Gasteiger partial charge on any atom is 0.233 e. The highest BCUT2D eigenvalue weighted by atomic mass is 35.5. The number of anilines is 1. The topological polar surface area (TPSA) is 52.9 Å². The van der Waals surface area contributed by atoms with Crippen molar-refractivity contribution >= 4 is 34.8 Å². The molecule has 88 valence electrons. The lowest BCUT2D eigenvalue weighted by molar-refractivity contribution is -0.120. The van der Waals surface area contributed by atoms with Gasteiger partial charge in [0.05, 0.1) is 17.0 Å². The minimum absolute atomic E-state index is 0.224. The monoisotopic (exact) mass is 268 g/mol. The van der Waals surface area contributed by atoms with Crippen molar-refractivity contribution in [1.82, 2.24) is 0 Å². The minimum Gasteiger partial charge on any atom is -0.325 e. The number of amides is 1. The first-order chi connectivity index (χ1) is 7.89. The molecule has 1 amide bonds. The smallest absolute Gasteiger partial charge is 0.233 e. The van der Waals surface area contributed by atoms with Gasteiger partial charge in [-0.2, -0.15) is 5.26 Å². The largest absolute Gasteiger partial charge is 0.325 e. The van der Waals surface area contributed by atoms with E-state index in [1.807, 2.05) is 6.07 Å². The zero-order chi connectivity index (χ0) is 12.7. The molecule has 5 heteroatoms. The Morgan fingerprint density at radius 2 is 2.18 bits per heavy atom. The molecule has 0 aliphatic heterocycles. The van der Waals surface area contributed by atoms with Crippen LogP contribution in [0.1, 0.15) is 18.9 Å². The molecule has 0 aromatic heterocycles. The van der Waals surface area contributed by atoms with E-state index in [0.717, 1.165) is 0 Å². The van der Waals surface area contributed by atoms with Crippen LogP contribution in [0, 0.1) is 16.7 Å². The molecule has 2 rings (SSSR count). The quantitative estimate of drug-likeness (QED) is 0.839. The number of carbonyl (C=O) groups excluding carboxylic acids is 1. The summed E-state index contributed by atoms with van der Waals surface area (Å²) in [7, 11) is 0. The van der Waals surface area contributed by atoms with Gasteiger partial charge in [0.2, 0.25) is 5.91 Å². The fourth-order valence-electron chi connectivity index (χ4n) is 1.58. The molecule has 1 unspecified atom stereocenters. The molecule has 0 heterocycles. The lowest BCUT2D eigenvalue weighted by Crippen LogP contribution is -2.25. The molecule has 1 fully saturated rings. The number of hydrogen-bond donors (Lipinski definition) is 1. The molecular formula is C12H10Cl2N2O. The van der Waals surface area contributed by atoms with E-state index in [4.69, 9.17) is 28.5 Å². The second-order valence-corrected chi connectivity index (χ2v) is 5.84. The number of nitrogens with zero attached hydrogens (tertiary/aromatic N) is 1. The van der Waals surface area contributed by atoms with Gasteiger partial charge in [0.1, 0.15) is 4.33 Å². The second kappa shape index (κ2) is 3.90. The lowest BCUT2D eigenvalue weighted by atomic mass is 10.1. The van der Waals surface area contributed by atoms with Crippen molar-refractivity contribution in [3.63, 3.8) is 0 Å². The number of benzene rings is 1. The number of halogens is 2. The highest BCUT2D eigenvalue weighted by Gasteiger charge is 2.67. The summed E-state index contributed by atoms with van der Waals surface area (Å²) < 4.78 is -0.982. The van der Waals surface area contributed by atoms with E-state index in [9.17, 15) is 4.79 Å². The molecule has 3 nitrogen and oxygen atoms in total. The molecule has 17 heavy (non-hydrogen) atoms. The standard InChI is InChI=1S/C12H10Cl2N2O/c1-11(7-12(11,13)14)10(17)16-9-4-2-3-8(5-9)6-15/h2-5H,7H2,1H3,(H,16,17). The number of alkyl halides is 2. The SMILES string of the molecule is CC1(C(=O)Nc2cccc(C#N)c2)CC1(Cl)Cl. The first kappa shape index (κ1) is 12.2. The molecule has 1 N–H and O–H groups in total. The predicted octanol–water partition coefficient (Wildman–Crippen LogP) is 3.08. The Bertz CT molecular complexity index is 521. The first-order valence-corrected chi connectivity index (χ1v) is 5.84. The summed E-state index contributed by atoms with van der Waals surface area (Å²) in [6, 6.07) is 8.70. The van der Waals surface area contributed by atoms with Gasteiger partial charge in [-0.1, -0.05) is 6.07 Å². The number of rotatable bonds is 2. The average molecular weight is 269 g/mol. The molecule has 1 aliphatic carbocycles. The third-order valence-electron chi connectivity index (χ3n) is 3.01. The van der Waals surface area contributed by atoms with E-state index >= 15 is 0 Å². The van der Waals surface area contributed by atoms with Gasteiger partial charge in [-0.3, -0.25) is 4.79 Å². The fourth-order valence-corrected chi connectivity index (χ4v) is 2.29. The summed E-state index contributed by atoms with van der Waals surface area (Å²) in [6.07, 6.45) is 0.437. The van der Waals surface area contributed by atoms with E-state index in [0.29, 0.717) is 17.7 Å². The van der Waals surface area contributed by atoms with E-state index in [2.05, 4.69) is 5.32 Å². The van der Waals surface area contributed by atoms with Gasteiger partial charge in [-0.15, -0.1) is 23.2 Å². The van der Waals surface area contributed by atoms with Crippen LogP contribution in [-0.2, 0) is 4.79 Å². The van der Waals surface area contributed by atoms with Crippen molar-refractivity contribution in [2.45, 2.75) is 17.7 Å². The van der Waals surface area contributed by atoms with Crippen molar-refractivity contribution in [3.05, 3.63) is 29.8 Å². The zero-order valence-corrected chi connectivity index (χ0v) is 10.6. The summed E-state index contributed by atoms with van der Waals surface area (Å²) in [5.74, 6) is -0.224. The normalized spacial score (nSPS) is 24.8. The molecule has 0 radical (unpaired) electrons. The van der Waals surface area contributed by atoms with Gasteiger partial charge in [0, 0.05) is 5.69 Å². The highest BCUT2D eigenvalue weighted by molar-refractivity contribution is 6.53. The van der Waals surface area contributed by atoms with E-state index in [-0.39, 0.29) is 5.91 Å². The third-order valence-corrected chi connectivity index (χ3v) is 4.11. The van der Waals surface area contributed by atoms with Crippen LogP contribution in [0.2, 0.25) is 0 Å². The van der Waals surface area contributed by atoms with E-state index < -0.39 is 9.75 Å². The van der Waals surface area contributed by atoms with Crippen LogP contribution >= 0.6 is 23.2 Å². The Balaban J connectivity index is 2.13. The lowest BCUT2D eigenvalue weighted by Gasteiger charge is -2.12. The van der Waals surface area contributed by atoms with Gasteiger partial charge >= 0.3 is 0 Å². The fraction of sp³-hybridized carbons (Fsp3) is 0.333. The van der Waals surface area contributed by atoms with Crippen LogP contribution in [0.4, 0.5) is 5.69 Å². The molecule has 1 saturated carbocycles. The van der Waals surface area contributed by atoms with E-state index in [1.165, 1.54) is 0 Å². The minimum atomic E-state index is -0.982. The van der Waals surface area contributed by atoms with Gasteiger partial charge in [0.25, 0.3) is 0 Å². The number of nitriles is 1. The highest BCUT2D eigenvalue weighted by Crippen LogP contribution is 2.64. The summed E-state index contributed by atoms with van der Waals surface area (Å²) in [5, 5.41) is 11.5. The zero-order valence-electron chi connectivity index (χ0n) is 9.13. The molecular weight excluding hydrogens is 259 g/mol. The molecule has 1 aliphatic rings. The number of hydrogen-bond acceptors (Lipinski definition) is 2. The molecule has 0 saturated heterocycles. The van der Waals surface area contributed by atoms with Crippen LogP contribution in [0.5, 0.6) is 0 Å². The van der Waals surface area contributed by atoms with Gasteiger partial charge in [-0.05, 0) is 31.5 Å². The molecule has 1 aromatic carbocycles. The Morgan fingerprint density at radius 1 is 1.53 bits per heavy atom. The second-order valence-electron chi connectivity index (χ2n) is 4.36. The van der Waals surface area contributed by atoms with Crippen molar-refractivity contribution in [2.75, 3.05) is 5.32 Å². The Labute approximate surface area is 109 Å². The average Bonchev–Trinajstić information content (AvgIpc) is 2.80. The van der Waals surface area contributed by atoms with Crippen LogP contribution in [0.25, 0.3) is 0 Å². The van der Waals surface area contributed by atoms with Crippen LogP contribution in [-0.4, -0.2) is 10.2 Å². The van der Waals surface area contributed by atoms with Crippen molar-refractivity contribution in [3.8, 4) is 6.07 Å². The summed E-state index contributed by atoms with van der Waals surface area (Å²) in [5.41, 5.74) is 0.316. The summed E-state index contributed by atoms with van der Waals surface area (Å²) in [4.78, 5) is 11.9. The van der Waals surface area contributed by atoms with Gasteiger partial charge < -0.3 is 5.32 Å². The molecule has 1 atom stereocenters. The predicted molar refractivity (Wildman–Crippen MR) is 66.9 cm³/mol. The summed E-state index contributed by atoms with van der Waals surface area (Å²) in [6.45, 7) is 1.72. The summed E-state index contributed by atoms with van der Waals surface area (Å²) >= 11 is 11.8. The van der Waals surface area contributed by atoms with E-state index in [1.54, 1.807) is 31.2 Å².